The molecule has 1 amide bonds. The highest BCUT2D eigenvalue weighted by molar-refractivity contribution is 5.91. The highest BCUT2D eigenvalue weighted by Crippen LogP contribution is 2.20. The van der Waals surface area contributed by atoms with Crippen molar-refractivity contribution in [2.24, 2.45) is 7.05 Å². The minimum absolute atomic E-state index is 0.0778. The first-order valence-electron chi connectivity index (χ1n) is 9.13. The van der Waals surface area contributed by atoms with Crippen LogP contribution in [0.15, 0.2) is 22.9 Å². The van der Waals surface area contributed by atoms with Gasteiger partial charge in [0.2, 0.25) is 0 Å². The highest BCUT2D eigenvalue weighted by atomic mass is 16.4. The van der Waals surface area contributed by atoms with Gasteiger partial charge < -0.3 is 13.9 Å². The molecule has 0 saturated heterocycles. The Kier molecular flexibility index (Phi) is 6.82. The lowest BCUT2D eigenvalue weighted by atomic mass is 10.2. The maximum Gasteiger partial charge on any atom is 0.289 e. The third kappa shape index (κ3) is 4.51. The van der Waals surface area contributed by atoms with Gasteiger partial charge in [-0.2, -0.15) is 0 Å². The Morgan fingerprint density at radius 2 is 1.88 bits per heavy atom. The molecule has 0 saturated carbocycles. The molecule has 138 valence electrons. The molecule has 0 N–H and O–H groups in total. The fourth-order valence-corrected chi connectivity index (χ4v) is 2.90. The van der Waals surface area contributed by atoms with Crippen molar-refractivity contribution in [1.82, 2.24) is 19.4 Å². The van der Waals surface area contributed by atoms with Gasteiger partial charge in [0.25, 0.3) is 5.91 Å². The van der Waals surface area contributed by atoms with E-state index >= 15 is 0 Å². The van der Waals surface area contributed by atoms with E-state index in [0.717, 1.165) is 43.2 Å². The number of carbonyl (C=O) groups is 1. The Morgan fingerprint density at radius 3 is 2.40 bits per heavy atom. The predicted octanol–water partition coefficient (Wildman–Crippen LogP) is 3.08. The maximum atomic E-state index is 12.9. The summed E-state index contributed by atoms with van der Waals surface area (Å²) in [4.78, 5) is 21.3. The van der Waals surface area contributed by atoms with Crippen LogP contribution in [-0.2, 0) is 26.6 Å². The van der Waals surface area contributed by atoms with Crippen LogP contribution in [0.4, 0.5) is 0 Å². The molecule has 0 aromatic carbocycles. The highest BCUT2D eigenvalue weighted by Gasteiger charge is 2.22. The van der Waals surface area contributed by atoms with Crippen LogP contribution in [-0.4, -0.2) is 44.9 Å². The maximum absolute atomic E-state index is 12.9. The monoisotopic (exact) mass is 346 g/mol. The Hall–Kier alpha value is -2.08. The van der Waals surface area contributed by atoms with Gasteiger partial charge in [-0.3, -0.25) is 9.69 Å². The summed E-state index contributed by atoms with van der Waals surface area (Å²) < 4.78 is 7.83. The van der Waals surface area contributed by atoms with Crippen LogP contribution < -0.4 is 0 Å². The Balaban J connectivity index is 2.19. The molecule has 0 radical (unpaired) electrons. The number of carbonyl (C=O) groups excluding carboxylic acids is 1. The van der Waals surface area contributed by atoms with Crippen molar-refractivity contribution in [3.63, 3.8) is 0 Å². The lowest BCUT2D eigenvalue weighted by Crippen LogP contribution is -2.31. The summed E-state index contributed by atoms with van der Waals surface area (Å²) in [6.45, 7) is 12.2. The van der Waals surface area contributed by atoms with Crippen molar-refractivity contribution in [2.45, 2.75) is 47.2 Å². The molecule has 0 bridgehead atoms. The first kappa shape index (κ1) is 19.2. The second-order valence-electron chi connectivity index (χ2n) is 6.15. The molecule has 0 aliphatic rings. The molecule has 0 aliphatic heterocycles. The number of aryl methyl sites for hydroxylation is 2. The van der Waals surface area contributed by atoms with Gasteiger partial charge >= 0.3 is 0 Å². The summed E-state index contributed by atoms with van der Waals surface area (Å²) in [5, 5.41) is 0. The number of nitrogens with zero attached hydrogens (tertiary/aromatic N) is 4. The smallest absolute Gasteiger partial charge is 0.289 e. The fraction of sp³-hybridized carbons (Fsp3) is 0.579. The molecule has 2 rings (SSSR count). The minimum atomic E-state index is -0.0778. The van der Waals surface area contributed by atoms with E-state index in [2.05, 4.69) is 30.7 Å². The summed E-state index contributed by atoms with van der Waals surface area (Å²) in [5.41, 5.74) is 1.11. The lowest BCUT2D eigenvalue weighted by molar-refractivity contribution is 0.0713. The van der Waals surface area contributed by atoms with E-state index in [0.29, 0.717) is 18.8 Å². The molecule has 0 atom stereocenters. The van der Waals surface area contributed by atoms with Crippen molar-refractivity contribution < 1.29 is 9.21 Å². The standard InChI is InChI=1S/C19H30N4O2/c1-6-16-15(13-22(7-2)8-3)12-17(25-16)19(24)23(9-4)14-18-20-10-11-21(18)5/h10-12H,6-9,13-14H2,1-5H3. The number of imidazole rings is 1. The second kappa shape index (κ2) is 8.85. The van der Waals surface area contributed by atoms with Gasteiger partial charge in [0, 0.05) is 44.5 Å². The van der Waals surface area contributed by atoms with Crippen molar-refractivity contribution in [2.75, 3.05) is 19.6 Å². The minimum Gasteiger partial charge on any atom is -0.456 e. The van der Waals surface area contributed by atoms with E-state index in [1.165, 1.54) is 0 Å². The third-order valence-electron chi connectivity index (χ3n) is 4.64. The largest absolute Gasteiger partial charge is 0.456 e. The summed E-state index contributed by atoms with van der Waals surface area (Å²) in [6, 6.07) is 1.92. The lowest BCUT2D eigenvalue weighted by Gasteiger charge is -2.19. The Labute approximate surface area is 150 Å². The van der Waals surface area contributed by atoms with Crippen LogP contribution in [0.5, 0.6) is 0 Å². The number of rotatable bonds is 9. The number of furan rings is 1. The zero-order chi connectivity index (χ0) is 18.4. The summed E-state index contributed by atoms with van der Waals surface area (Å²) in [6.07, 6.45) is 4.42. The van der Waals surface area contributed by atoms with Crippen LogP contribution in [0.3, 0.4) is 0 Å². The van der Waals surface area contributed by atoms with Gasteiger partial charge in [-0.1, -0.05) is 20.8 Å². The van der Waals surface area contributed by atoms with Crippen molar-refractivity contribution in [1.29, 1.82) is 0 Å². The molecule has 0 unspecified atom stereocenters. The molecule has 6 nitrogen and oxygen atoms in total. The van der Waals surface area contributed by atoms with Gasteiger partial charge in [0.05, 0.1) is 6.54 Å². The van der Waals surface area contributed by atoms with Crippen LogP contribution in [0.1, 0.15) is 55.4 Å². The zero-order valence-corrected chi connectivity index (χ0v) is 16.1. The topological polar surface area (TPSA) is 54.5 Å². The zero-order valence-electron chi connectivity index (χ0n) is 16.1. The molecule has 6 heteroatoms. The van der Waals surface area contributed by atoms with Crippen LogP contribution in [0.25, 0.3) is 0 Å². The van der Waals surface area contributed by atoms with Crippen molar-refractivity contribution >= 4 is 5.91 Å². The molecule has 25 heavy (non-hydrogen) atoms. The second-order valence-corrected chi connectivity index (χ2v) is 6.15. The first-order chi connectivity index (χ1) is 12.0. The fourth-order valence-electron chi connectivity index (χ4n) is 2.90. The predicted molar refractivity (Wildman–Crippen MR) is 98.3 cm³/mol. The number of hydrogen-bond acceptors (Lipinski definition) is 4. The molecule has 2 aromatic rings. The molecule has 2 heterocycles. The molecular formula is C19H30N4O2. The molecule has 0 fully saturated rings. The van der Waals surface area contributed by atoms with Gasteiger partial charge in [0.1, 0.15) is 11.6 Å². The Morgan fingerprint density at radius 1 is 1.16 bits per heavy atom. The Bertz CT molecular complexity index is 685. The first-order valence-corrected chi connectivity index (χ1v) is 9.13. The molecule has 0 spiro atoms. The van der Waals surface area contributed by atoms with Gasteiger partial charge in [-0.05, 0) is 26.1 Å². The van der Waals surface area contributed by atoms with Crippen molar-refractivity contribution in [3.8, 4) is 0 Å². The molecule has 0 aliphatic carbocycles. The van der Waals surface area contributed by atoms with E-state index < -0.39 is 0 Å². The van der Waals surface area contributed by atoms with E-state index in [4.69, 9.17) is 4.42 Å². The average Bonchev–Trinajstić information content (AvgIpc) is 3.22. The number of amides is 1. The van der Waals surface area contributed by atoms with Crippen molar-refractivity contribution in [3.05, 3.63) is 41.4 Å². The summed E-state index contributed by atoms with van der Waals surface area (Å²) in [5.74, 6) is 2.12. The van der Waals surface area contributed by atoms with Crippen LogP contribution in [0, 0.1) is 0 Å². The number of aromatic nitrogens is 2. The van der Waals surface area contributed by atoms with Gasteiger partial charge in [-0.15, -0.1) is 0 Å². The van der Waals surface area contributed by atoms with Gasteiger partial charge in [-0.25, -0.2) is 4.98 Å². The summed E-state index contributed by atoms with van der Waals surface area (Å²) >= 11 is 0. The quantitative estimate of drug-likeness (QED) is 0.700. The SMILES string of the molecule is CCc1oc(C(=O)N(CC)Cc2nccn2C)cc1CN(CC)CC. The van der Waals surface area contributed by atoms with E-state index in [9.17, 15) is 4.79 Å². The third-order valence-corrected chi connectivity index (χ3v) is 4.64. The average molecular weight is 346 g/mol. The van der Waals surface area contributed by atoms with Crippen LogP contribution in [0.2, 0.25) is 0 Å². The van der Waals surface area contributed by atoms with E-state index in [1.807, 2.05) is 30.8 Å². The van der Waals surface area contributed by atoms with E-state index in [1.54, 1.807) is 11.1 Å². The molecule has 2 aromatic heterocycles. The molecular weight excluding hydrogens is 316 g/mol. The summed E-state index contributed by atoms with van der Waals surface area (Å²) in [7, 11) is 1.94. The van der Waals surface area contributed by atoms with Gasteiger partial charge in [0.15, 0.2) is 5.76 Å². The van der Waals surface area contributed by atoms with E-state index in [-0.39, 0.29) is 5.91 Å². The van der Waals surface area contributed by atoms with Crippen LogP contribution >= 0.6 is 0 Å². The number of hydrogen-bond donors (Lipinski definition) is 0. The normalized spacial score (nSPS) is 11.3.